The number of nitrogens with zero attached hydrogens (tertiary/aromatic N) is 1. The quantitative estimate of drug-likeness (QED) is 0.576. The lowest BCUT2D eigenvalue weighted by molar-refractivity contribution is 1.12. The Labute approximate surface area is 126 Å². The Bertz CT molecular complexity index is 731. The van der Waals surface area contributed by atoms with Crippen LogP contribution in [0.15, 0.2) is 45.5 Å². The van der Waals surface area contributed by atoms with Gasteiger partial charge < -0.3 is 11.1 Å². The molecule has 0 amide bonds. The lowest BCUT2D eigenvalue weighted by atomic mass is 10.2. The Morgan fingerprint density at radius 3 is 2.63 bits per heavy atom. The second kappa shape index (κ2) is 4.86. The standard InChI is InChI=1S/C13H10Br2N4/c14-8-2-1-3-9(15)13(8)18-12-5-11-7(4-10(12)16)6-17-19-11/h1-6,18H,16H2,(H,17,19). The molecule has 0 spiro atoms. The molecule has 0 radical (unpaired) electrons. The molecule has 3 aromatic rings. The molecule has 0 bridgehead atoms. The van der Waals surface area contributed by atoms with Crippen LogP contribution in [0.1, 0.15) is 0 Å². The zero-order valence-corrected chi connectivity index (χ0v) is 12.9. The highest BCUT2D eigenvalue weighted by Crippen LogP contribution is 2.35. The third-order valence-corrected chi connectivity index (χ3v) is 4.15. The van der Waals surface area contributed by atoms with Crippen molar-refractivity contribution in [3.8, 4) is 0 Å². The van der Waals surface area contributed by atoms with Crippen molar-refractivity contribution in [2.24, 2.45) is 0 Å². The van der Waals surface area contributed by atoms with E-state index in [1.54, 1.807) is 6.20 Å². The predicted molar refractivity (Wildman–Crippen MR) is 85.6 cm³/mol. The zero-order chi connectivity index (χ0) is 13.4. The first-order valence-electron chi connectivity index (χ1n) is 5.59. The van der Waals surface area contributed by atoms with Crippen LogP contribution in [0.5, 0.6) is 0 Å². The fourth-order valence-electron chi connectivity index (χ4n) is 1.87. The number of nitrogen functional groups attached to an aromatic ring is 1. The minimum atomic E-state index is 0.677. The van der Waals surface area contributed by atoms with Gasteiger partial charge in [0.05, 0.1) is 28.8 Å². The van der Waals surface area contributed by atoms with Crippen molar-refractivity contribution in [2.75, 3.05) is 11.1 Å². The molecule has 3 rings (SSSR count). The van der Waals surface area contributed by atoms with Crippen LogP contribution in [0.4, 0.5) is 17.1 Å². The molecule has 0 saturated carbocycles. The lowest BCUT2D eigenvalue weighted by Gasteiger charge is -2.12. The highest BCUT2D eigenvalue weighted by molar-refractivity contribution is 9.11. The number of fused-ring (bicyclic) bond motifs is 1. The molecule has 6 heteroatoms. The first kappa shape index (κ1) is 12.5. The van der Waals surface area contributed by atoms with Gasteiger partial charge >= 0.3 is 0 Å². The van der Waals surface area contributed by atoms with Gasteiger partial charge in [0.2, 0.25) is 0 Å². The van der Waals surface area contributed by atoms with Crippen LogP contribution in [0.2, 0.25) is 0 Å². The molecule has 4 nitrogen and oxygen atoms in total. The summed E-state index contributed by atoms with van der Waals surface area (Å²) < 4.78 is 1.93. The summed E-state index contributed by atoms with van der Waals surface area (Å²) in [5.41, 5.74) is 9.46. The Kier molecular flexibility index (Phi) is 3.20. The van der Waals surface area contributed by atoms with Crippen LogP contribution < -0.4 is 11.1 Å². The average molecular weight is 382 g/mol. The molecule has 0 unspecified atom stereocenters. The number of rotatable bonds is 2. The lowest BCUT2D eigenvalue weighted by Crippen LogP contribution is -1.97. The largest absolute Gasteiger partial charge is 0.397 e. The summed E-state index contributed by atoms with van der Waals surface area (Å²) in [4.78, 5) is 0. The summed E-state index contributed by atoms with van der Waals surface area (Å²) in [6.45, 7) is 0. The van der Waals surface area contributed by atoms with Crippen molar-refractivity contribution >= 4 is 59.8 Å². The van der Waals surface area contributed by atoms with E-state index in [0.29, 0.717) is 5.69 Å². The highest BCUT2D eigenvalue weighted by Gasteiger charge is 2.08. The maximum absolute atomic E-state index is 6.06. The van der Waals surface area contributed by atoms with Gasteiger partial charge in [-0.3, -0.25) is 5.10 Å². The molecular formula is C13H10Br2N4. The molecule has 96 valence electrons. The Morgan fingerprint density at radius 2 is 1.89 bits per heavy atom. The van der Waals surface area contributed by atoms with Crippen LogP contribution in [0.25, 0.3) is 10.9 Å². The van der Waals surface area contributed by atoms with E-state index in [4.69, 9.17) is 5.73 Å². The van der Waals surface area contributed by atoms with Crippen molar-refractivity contribution in [3.63, 3.8) is 0 Å². The molecule has 19 heavy (non-hydrogen) atoms. The summed E-state index contributed by atoms with van der Waals surface area (Å²) in [6, 6.07) is 9.74. The molecule has 2 aromatic carbocycles. The number of nitrogens with two attached hydrogens (primary N) is 1. The zero-order valence-electron chi connectivity index (χ0n) is 9.74. The maximum Gasteiger partial charge on any atom is 0.0673 e. The number of aromatic amines is 1. The average Bonchev–Trinajstić information content (AvgIpc) is 2.81. The fraction of sp³-hybridized carbons (Fsp3) is 0. The van der Waals surface area contributed by atoms with E-state index in [2.05, 4.69) is 47.4 Å². The van der Waals surface area contributed by atoms with Crippen LogP contribution in [0.3, 0.4) is 0 Å². The predicted octanol–water partition coefficient (Wildman–Crippen LogP) is 4.41. The summed E-state index contributed by atoms with van der Waals surface area (Å²) >= 11 is 7.04. The van der Waals surface area contributed by atoms with E-state index in [9.17, 15) is 0 Å². The van der Waals surface area contributed by atoms with Gasteiger partial charge in [-0.25, -0.2) is 0 Å². The van der Waals surface area contributed by atoms with Gasteiger partial charge in [0.1, 0.15) is 0 Å². The summed E-state index contributed by atoms with van der Waals surface area (Å²) in [5.74, 6) is 0. The van der Waals surface area contributed by atoms with Crippen molar-refractivity contribution in [1.82, 2.24) is 10.2 Å². The number of hydrogen-bond donors (Lipinski definition) is 3. The molecule has 1 heterocycles. The van der Waals surface area contributed by atoms with Crippen LogP contribution in [0, 0.1) is 0 Å². The number of benzene rings is 2. The van der Waals surface area contributed by atoms with E-state index in [0.717, 1.165) is 31.2 Å². The van der Waals surface area contributed by atoms with Gasteiger partial charge in [-0.2, -0.15) is 5.10 Å². The molecular weight excluding hydrogens is 372 g/mol. The number of hydrogen-bond acceptors (Lipinski definition) is 3. The second-order valence-corrected chi connectivity index (χ2v) is 5.83. The number of H-pyrrole nitrogens is 1. The van der Waals surface area contributed by atoms with Gasteiger partial charge in [0.25, 0.3) is 0 Å². The smallest absolute Gasteiger partial charge is 0.0673 e. The molecule has 0 aliphatic heterocycles. The summed E-state index contributed by atoms with van der Waals surface area (Å²) in [7, 11) is 0. The molecule has 4 N–H and O–H groups in total. The van der Waals surface area contributed by atoms with Crippen LogP contribution in [-0.2, 0) is 0 Å². The van der Waals surface area contributed by atoms with Crippen molar-refractivity contribution < 1.29 is 0 Å². The van der Waals surface area contributed by atoms with Crippen molar-refractivity contribution in [1.29, 1.82) is 0 Å². The number of anilines is 3. The second-order valence-electron chi connectivity index (χ2n) is 4.12. The molecule has 0 saturated heterocycles. The summed E-state index contributed by atoms with van der Waals surface area (Å²) in [6.07, 6.45) is 1.75. The van der Waals surface area contributed by atoms with E-state index in [1.165, 1.54) is 0 Å². The van der Waals surface area contributed by atoms with Gasteiger partial charge in [-0.1, -0.05) is 6.07 Å². The number of halogens is 2. The van der Waals surface area contributed by atoms with Crippen molar-refractivity contribution in [3.05, 3.63) is 45.5 Å². The van der Waals surface area contributed by atoms with Crippen LogP contribution in [-0.4, -0.2) is 10.2 Å². The molecule has 1 aromatic heterocycles. The Hall–Kier alpha value is -1.53. The normalized spacial score (nSPS) is 10.8. The first-order chi connectivity index (χ1) is 9.15. The van der Waals surface area contributed by atoms with Gasteiger partial charge in [-0.05, 0) is 56.1 Å². The van der Waals surface area contributed by atoms with E-state index in [-0.39, 0.29) is 0 Å². The molecule has 0 fully saturated rings. The Balaban J connectivity index is 2.07. The van der Waals surface area contributed by atoms with Gasteiger partial charge in [0, 0.05) is 14.3 Å². The number of aromatic nitrogens is 2. The first-order valence-corrected chi connectivity index (χ1v) is 7.17. The SMILES string of the molecule is Nc1cc2cn[nH]c2cc1Nc1c(Br)cccc1Br. The van der Waals surface area contributed by atoms with E-state index < -0.39 is 0 Å². The van der Waals surface area contributed by atoms with E-state index in [1.807, 2.05) is 30.3 Å². The topological polar surface area (TPSA) is 66.7 Å². The maximum atomic E-state index is 6.06. The van der Waals surface area contributed by atoms with Gasteiger partial charge in [-0.15, -0.1) is 0 Å². The molecule has 0 atom stereocenters. The van der Waals surface area contributed by atoms with E-state index >= 15 is 0 Å². The monoisotopic (exact) mass is 380 g/mol. The Morgan fingerprint density at radius 1 is 1.16 bits per heavy atom. The third kappa shape index (κ3) is 2.33. The van der Waals surface area contributed by atoms with Crippen molar-refractivity contribution in [2.45, 2.75) is 0 Å². The molecule has 0 aliphatic rings. The molecule has 0 aliphatic carbocycles. The number of nitrogens with one attached hydrogen (secondary N) is 2. The third-order valence-electron chi connectivity index (χ3n) is 2.83. The minimum Gasteiger partial charge on any atom is -0.397 e. The number of para-hydroxylation sites is 1. The minimum absolute atomic E-state index is 0.677. The van der Waals surface area contributed by atoms with Gasteiger partial charge in [0.15, 0.2) is 0 Å². The summed E-state index contributed by atoms with van der Waals surface area (Å²) in [5, 5.41) is 11.3. The fourth-order valence-corrected chi connectivity index (χ4v) is 3.07. The highest BCUT2D eigenvalue weighted by atomic mass is 79.9. The van der Waals surface area contributed by atoms with Crippen LogP contribution >= 0.6 is 31.9 Å².